The number of rotatable bonds is 9. The number of amides is 2. The summed E-state index contributed by atoms with van der Waals surface area (Å²) in [5, 5.41) is -0.513. The first-order chi connectivity index (χ1) is 15.8. The smallest absolute Gasteiger partial charge is 0.326 e. The van der Waals surface area contributed by atoms with Gasteiger partial charge in [0.25, 0.3) is 11.1 Å². The number of carbonyl (C=O) groups is 3. The van der Waals surface area contributed by atoms with Crippen molar-refractivity contribution in [1.29, 1.82) is 0 Å². The van der Waals surface area contributed by atoms with Gasteiger partial charge in [-0.1, -0.05) is 37.3 Å². The molecule has 174 valence electrons. The van der Waals surface area contributed by atoms with Crippen molar-refractivity contribution in [3.63, 3.8) is 0 Å². The number of nitrogens with zero attached hydrogens (tertiary/aromatic N) is 1. The average molecular weight is 534 g/mol. The van der Waals surface area contributed by atoms with Crippen molar-refractivity contribution in [2.75, 3.05) is 13.7 Å². The van der Waals surface area contributed by atoms with E-state index < -0.39 is 23.7 Å². The third kappa shape index (κ3) is 6.39. The van der Waals surface area contributed by atoms with Gasteiger partial charge in [0.2, 0.25) is 0 Å². The quantitative estimate of drug-likeness (QED) is 0.314. The molecule has 0 saturated carbocycles. The van der Waals surface area contributed by atoms with E-state index in [2.05, 4.69) is 15.9 Å². The normalized spacial score (nSPS) is 15.6. The Morgan fingerprint density at radius 2 is 1.94 bits per heavy atom. The molecule has 2 aromatic carbocycles. The molecular formula is C24H24BrNO6S. The number of esters is 1. The molecule has 2 aromatic rings. The Hall–Kier alpha value is -2.78. The largest absolute Gasteiger partial charge is 0.493 e. The molecule has 1 saturated heterocycles. The number of halogens is 1. The van der Waals surface area contributed by atoms with Crippen molar-refractivity contribution >= 4 is 50.9 Å². The first-order valence-electron chi connectivity index (χ1n) is 10.3. The van der Waals surface area contributed by atoms with E-state index in [1.54, 1.807) is 25.1 Å². The van der Waals surface area contributed by atoms with Gasteiger partial charge in [0.15, 0.2) is 11.5 Å². The van der Waals surface area contributed by atoms with Gasteiger partial charge in [0.1, 0.15) is 13.2 Å². The summed E-state index contributed by atoms with van der Waals surface area (Å²) in [7, 11) is 1.53. The van der Waals surface area contributed by atoms with Crippen LogP contribution in [-0.2, 0) is 20.9 Å². The van der Waals surface area contributed by atoms with Crippen LogP contribution in [0.3, 0.4) is 0 Å². The maximum atomic E-state index is 12.7. The number of ether oxygens (including phenoxy) is 3. The summed E-state index contributed by atoms with van der Waals surface area (Å²) in [6.07, 6.45) is 1.95. The second-order valence-corrected chi connectivity index (χ2v) is 9.13. The molecule has 0 N–H and O–H groups in total. The van der Waals surface area contributed by atoms with Crippen molar-refractivity contribution in [2.24, 2.45) is 0 Å². The van der Waals surface area contributed by atoms with Crippen molar-refractivity contribution in [3.05, 3.63) is 63.0 Å². The lowest BCUT2D eigenvalue weighted by Gasteiger charge is -2.15. The second kappa shape index (κ2) is 11.4. The molecule has 1 fully saturated rings. The Labute approximate surface area is 205 Å². The van der Waals surface area contributed by atoms with Gasteiger partial charge in [-0.3, -0.25) is 19.3 Å². The lowest BCUT2D eigenvalue weighted by molar-refractivity contribution is -0.150. The van der Waals surface area contributed by atoms with Crippen LogP contribution in [0.25, 0.3) is 6.08 Å². The zero-order valence-electron chi connectivity index (χ0n) is 18.5. The summed E-state index contributed by atoms with van der Waals surface area (Å²) in [6.45, 7) is 3.59. The molecule has 7 nitrogen and oxygen atoms in total. The van der Waals surface area contributed by atoms with Crippen molar-refractivity contribution in [3.8, 4) is 11.5 Å². The first kappa shape index (κ1) is 24.9. The van der Waals surface area contributed by atoms with Gasteiger partial charge in [-0.15, -0.1) is 0 Å². The van der Waals surface area contributed by atoms with E-state index >= 15 is 0 Å². The summed E-state index contributed by atoms with van der Waals surface area (Å²) in [5.41, 5.74) is 1.65. The predicted molar refractivity (Wildman–Crippen MR) is 130 cm³/mol. The van der Waals surface area contributed by atoms with Crippen LogP contribution in [0.4, 0.5) is 4.79 Å². The molecule has 3 rings (SSSR count). The van der Waals surface area contributed by atoms with Gasteiger partial charge in [-0.05, 0) is 70.4 Å². The zero-order chi connectivity index (χ0) is 24.0. The molecule has 1 atom stereocenters. The molecule has 2 amide bonds. The van der Waals surface area contributed by atoms with Crippen LogP contribution in [0.2, 0.25) is 0 Å². The van der Waals surface area contributed by atoms with Crippen molar-refractivity contribution in [1.82, 2.24) is 4.90 Å². The van der Waals surface area contributed by atoms with Gasteiger partial charge in [-0.2, -0.15) is 0 Å². The van der Waals surface area contributed by atoms with Gasteiger partial charge >= 0.3 is 5.97 Å². The minimum Gasteiger partial charge on any atom is -0.493 e. The third-order valence-corrected chi connectivity index (χ3v) is 6.34. The highest BCUT2D eigenvalue weighted by molar-refractivity contribution is 9.10. The molecule has 0 bridgehead atoms. The highest BCUT2D eigenvalue weighted by Crippen LogP contribution is 2.39. The number of carbonyl (C=O) groups excluding carboxylic acids is 3. The summed E-state index contributed by atoms with van der Waals surface area (Å²) < 4.78 is 17.2. The van der Waals surface area contributed by atoms with E-state index in [0.29, 0.717) is 34.6 Å². The van der Waals surface area contributed by atoms with Crippen LogP contribution in [0, 0.1) is 0 Å². The number of hydrogen-bond acceptors (Lipinski definition) is 7. The zero-order valence-corrected chi connectivity index (χ0v) is 20.9. The van der Waals surface area contributed by atoms with E-state index in [1.807, 2.05) is 37.3 Å². The fourth-order valence-electron chi connectivity index (χ4n) is 2.95. The Bertz CT molecular complexity index is 1070. The van der Waals surface area contributed by atoms with Gasteiger partial charge < -0.3 is 14.2 Å². The average Bonchev–Trinajstić information content (AvgIpc) is 3.05. The highest BCUT2D eigenvalue weighted by atomic mass is 79.9. The summed E-state index contributed by atoms with van der Waals surface area (Å²) in [4.78, 5) is 38.1. The summed E-state index contributed by atoms with van der Waals surface area (Å²) in [6, 6.07) is 13.2. The van der Waals surface area contributed by atoms with E-state index in [9.17, 15) is 14.4 Å². The standard InChI is InChI=1S/C24H24BrNO6S/c1-4-15(2)32-21(27)13-26-23(28)20(33-24(26)29)12-17-10-18(25)22(19(11-17)30-3)31-14-16-8-6-5-7-9-16/h5-12,15H,4,13-14H2,1-3H3/b20-12+/t15-/m1/s1. The summed E-state index contributed by atoms with van der Waals surface area (Å²) >= 11 is 4.28. The molecule has 0 aliphatic carbocycles. The third-order valence-electron chi connectivity index (χ3n) is 4.84. The lowest BCUT2D eigenvalue weighted by Crippen LogP contribution is -2.35. The molecule has 0 radical (unpaired) electrons. The Kier molecular flexibility index (Phi) is 8.57. The molecular weight excluding hydrogens is 510 g/mol. The number of benzene rings is 2. The maximum Gasteiger partial charge on any atom is 0.326 e. The minimum atomic E-state index is -0.614. The van der Waals surface area contributed by atoms with E-state index in [0.717, 1.165) is 22.2 Å². The number of hydrogen-bond donors (Lipinski definition) is 0. The molecule has 0 aromatic heterocycles. The minimum absolute atomic E-state index is 0.211. The summed E-state index contributed by atoms with van der Waals surface area (Å²) in [5.74, 6) is -0.148. The fraction of sp³-hybridized carbons (Fsp3) is 0.292. The molecule has 1 heterocycles. The van der Waals surface area contributed by atoms with Crippen LogP contribution in [-0.4, -0.2) is 41.8 Å². The fourth-order valence-corrected chi connectivity index (χ4v) is 4.37. The van der Waals surface area contributed by atoms with Gasteiger partial charge in [-0.25, -0.2) is 0 Å². The number of imide groups is 1. The molecule has 9 heteroatoms. The van der Waals surface area contributed by atoms with Gasteiger partial charge in [0.05, 0.1) is 22.6 Å². The Balaban J connectivity index is 1.75. The van der Waals surface area contributed by atoms with Crippen LogP contribution in [0.1, 0.15) is 31.4 Å². The van der Waals surface area contributed by atoms with E-state index in [4.69, 9.17) is 14.2 Å². The Morgan fingerprint density at radius 3 is 2.61 bits per heavy atom. The lowest BCUT2D eigenvalue weighted by atomic mass is 10.1. The van der Waals surface area contributed by atoms with Crippen LogP contribution >= 0.6 is 27.7 Å². The first-order valence-corrected chi connectivity index (χ1v) is 11.9. The van der Waals surface area contributed by atoms with Gasteiger partial charge in [0, 0.05) is 0 Å². The SMILES string of the molecule is CC[C@@H](C)OC(=O)CN1C(=O)S/C(=C/c2cc(Br)c(OCc3ccccc3)c(OC)c2)C1=O. The van der Waals surface area contributed by atoms with Crippen LogP contribution in [0.5, 0.6) is 11.5 Å². The van der Waals surface area contributed by atoms with E-state index in [1.165, 1.54) is 7.11 Å². The highest BCUT2D eigenvalue weighted by Gasteiger charge is 2.37. The van der Waals surface area contributed by atoms with Crippen LogP contribution < -0.4 is 9.47 Å². The van der Waals surface area contributed by atoms with Crippen molar-refractivity contribution in [2.45, 2.75) is 33.0 Å². The topological polar surface area (TPSA) is 82.1 Å². The van der Waals surface area contributed by atoms with Crippen LogP contribution in [0.15, 0.2) is 51.8 Å². The maximum absolute atomic E-state index is 12.7. The predicted octanol–water partition coefficient (Wildman–Crippen LogP) is 5.41. The number of thioether (sulfide) groups is 1. The molecule has 0 unspecified atom stereocenters. The number of methoxy groups -OCH3 is 1. The Morgan fingerprint density at radius 1 is 1.21 bits per heavy atom. The molecule has 33 heavy (non-hydrogen) atoms. The van der Waals surface area contributed by atoms with Crippen molar-refractivity contribution < 1.29 is 28.6 Å². The van der Waals surface area contributed by atoms with E-state index in [-0.39, 0.29) is 11.0 Å². The molecule has 1 aliphatic rings. The molecule has 1 aliphatic heterocycles. The second-order valence-electron chi connectivity index (χ2n) is 7.28. The monoisotopic (exact) mass is 533 g/mol. The molecule has 0 spiro atoms.